The van der Waals surface area contributed by atoms with Gasteiger partial charge in [0.15, 0.2) is 0 Å². The average Bonchev–Trinajstić information content (AvgIpc) is 3.73. The van der Waals surface area contributed by atoms with Crippen molar-refractivity contribution in [3.63, 3.8) is 0 Å². The van der Waals surface area contributed by atoms with E-state index in [1.54, 1.807) is 0 Å². The van der Waals surface area contributed by atoms with Gasteiger partial charge in [-0.25, -0.2) is 0 Å². The number of hydrogen-bond donors (Lipinski definition) is 1. The summed E-state index contributed by atoms with van der Waals surface area (Å²) in [5.74, 6) is 0.518. The fourth-order valence-corrected chi connectivity index (χ4v) is 8.94. The lowest BCUT2D eigenvalue weighted by atomic mass is 9.63. The third-order valence-electron chi connectivity index (χ3n) is 11.0. The summed E-state index contributed by atoms with van der Waals surface area (Å²) in [6.07, 6.45) is 9.26. The van der Waals surface area contributed by atoms with E-state index in [2.05, 4.69) is 199 Å². The standard InChI is InChI=1S/C49H35NO/c1-4-16-33(17-5-1)37-24-14-26-41-47-40(25-15-29-46(47)51-48(37)41)39-23-11-13-28-45(39)50-36-30-31-44-42(32-36)38-22-10-12-27-43(38)49(44,34-18-6-2-7-19-34)35-20-8-3-9-21-35/h1-32,38,43,50H. The zero-order chi connectivity index (χ0) is 33.8. The van der Waals surface area contributed by atoms with Gasteiger partial charge in [-0.05, 0) is 57.6 Å². The monoisotopic (exact) mass is 653 g/mol. The molecule has 2 nitrogen and oxygen atoms in total. The molecule has 2 aliphatic rings. The molecule has 10 rings (SSSR count). The molecule has 0 fully saturated rings. The van der Waals surface area contributed by atoms with Gasteiger partial charge in [-0.2, -0.15) is 0 Å². The Balaban J connectivity index is 1.10. The van der Waals surface area contributed by atoms with Crippen molar-refractivity contribution < 1.29 is 4.42 Å². The van der Waals surface area contributed by atoms with Crippen molar-refractivity contribution >= 4 is 33.3 Å². The lowest BCUT2D eigenvalue weighted by Crippen LogP contribution is -2.34. The fourth-order valence-electron chi connectivity index (χ4n) is 8.94. The minimum absolute atomic E-state index is 0.257. The van der Waals surface area contributed by atoms with Crippen molar-refractivity contribution in [2.75, 3.05) is 5.32 Å². The summed E-state index contributed by atoms with van der Waals surface area (Å²) >= 11 is 0. The van der Waals surface area contributed by atoms with Gasteiger partial charge in [-0.3, -0.25) is 0 Å². The topological polar surface area (TPSA) is 25.2 Å². The molecule has 2 atom stereocenters. The normalized spacial score (nSPS) is 17.0. The largest absolute Gasteiger partial charge is 0.455 e. The molecular weight excluding hydrogens is 619 g/mol. The van der Waals surface area contributed by atoms with Crippen LogP contribution in [0.2, 0.25) is 0 Å². The molecule has 0 saturated heterocycles. The molecule has 0 radical (unpaired) electrons. The van der Waals surface area contributed by atoms with Crippen LogP contribution in [0.1, 0.15) is 28.2 Å². The molecule has 0 aliphatic heterocycles. The van der Waals surface area contributed by atoms with Gasteiger partial charge in [0.2, 0.25) is 0 Å². The van der Waals surface area contributed by atoms with Crippen molar-refractivity contribution in [3.05, 3.63) is 216 Å². The third-order valence-corrected chi connectivity index (χ3v) is 11.0. The van der Waals surface area contributed by atoms with E-state index in [0.717, 1.165) is 55.6 Å². The van der Waals surface area contributed by atoms with E-state index in [4.69, 9.17) is 4.42 Å². The fraction of sp³-hybridized carbons (Fsp3) is 0.0612. The van der Waals surface area contributed by atoms with Gasteiger partial charge in [-0.1, -0.05) is 170 Å². The van der Waals surface area contributed by atoms with Crippen LogP contribution in [0, 0.1) is 5.92 Å². The number of hydrogen-bond acceptors (Lipinski definition) is 2. The summed E-state index contributed by atoms with van der Waals surface area (Å²) < 4.78 is 6.62. The number of para-hydroxylation sites is 2. The summed E-state index contributed by atoms with van der Waals surface area (Å²) in [5.41, 5.74) is 13.6. The van der Waals surface area contributed by atoms with Crippen LogP contribution in [0.5, 0.6) is 0 Å². The Morgan fingerprint density at radius 2 is 1.18 bits per heavy atom. The highest BCUT2D eigenvalue weighted by Crippen LogP contribution is 2.60. The zero-order valence-electron chi connectivity index (χ0n) is 28.0. The molecule has 0 amide bonds. The first kappa shape index (κ1) is 29.5. The SMILES string of the molecule is C1=CC2c3cc(Nc4ccccc4-c4cccc5oc6c(-c7ccccc7)cccc6c45)ccc3C(c3ccccc3)(c3ccccc3)C2C=C1. The maximum Gasteiger partial charge on any atom is 0.143 e. The van der Waals surface area contributed by atoms with E-state index in [0.29, 0.717) is 0 Å². The number of benzene rings is 7. The van der Waals surface area contributed by atoms with Crippen LogP contribution < -0.4 is 5.32 Å². The van der Waals surface area contributed by atoms with Gasteiger partial charge < -0.3 is 9.73 Å². The van der Waals surface area contributed by atoms with Crippen LogP contribution >= 0.6 is 0 Å². The Morgan fingerprint density at radius 3 is 1.96 bits per heavy atom. The van der Waals surface area contributed by atoms with Crippen molar-refractivity contribution in [2.45, 2.75) is 11.3 Å². The molecule has 51 heavy (non-hydrogen) atoms. The van der Waals surface area contributed by atoms with Crippen molar-refractivity contribution in [2.24, 2.45) is 5.92 Å². The Hall–Kier alpha value is -6.38. The lowest BCUT2D eigenvalue weighted by Gasteiger charge is -2.38. The van der Waals surface area contributed by atoms with Crippen molar-refractivity contribution in [3.8, 4) is 22.3 Å². The van der Waals surface area contributed by atoms with Gasteiger partial charge in [0, 0.05) is 45.1 Å². The van der Waals surface area contributed by atoms with E-state index < -0.39 is 0 Å². The molecular formula is C49H35NO. The molecule has 1 aromatic heterocycles. The Morgan fingerprint density at radius 1 is 0.529 bits per heavy atom. The van der Waals surface area contributed by atoms with Gasteiger partial charge in [0.1, 0.15) is 11.2 Å². The molecule has 0 bridgehead atoms. The summed E-state index contributed by atoms with van der Waals surface area (Å²) in [5, 5.41) is 6.12. The Kier molecular flexibility index (Phi) is 6.89. The number of anilines is 2. The molecule has 1 heterocycles. The number of furan rings is 1. The Bertz CT molecular complexity index is 2570. The molecule has 2 unspecified atom stereocenters. The van der Waals surface area contributed by atoms with Crippen LogP contribution in [-0.2, 0) is 5.41 Å². The lowest BCUT2D eigenvalue weighted by molar-refractivity contribution is 0.456. The van der Waals surface area contributed by atoms with Gasteiger partial charge in [0.25, 0.3) is 0 Å². The van der Waals surface area contributed by atoms with Crippen LogP contribution in [0.15, 0.2) is 199 Å². The van der Waals surface area contributed by atoms with E-state index in [1.807, 2.05) is 0 Å². The molecule has 8 aromatic rings. The number of rotatable bonds is 6. The highest BCUT2D eigenvalue weighted by Gasteiger charge is 2.52. The number of fused-ring (bicyclic) bond motifs is 6. The summed E-state index contributed by atoms with van der Waals surface area (Å²) in [6, 6.07) is 61.2. The number of allylic oxidation sites excluding steroid dienone is 4. The smallest absolute Gasteiger partial charge is 0.143 e. The van der Waals surface area contributed by atoms with Gasteiger partial charge in [-0.15, -0.1) is 0 Å². The molecule has 0 spiro atoms. The molecule has 0 saturated carbocycles. The quantitative estimate of drug-likeness (QED) is 0.193. The second-order valence-electron chi connectivity index (χ2n) is 13.7. The molecule has 1 N–H and O–H groups in total. The summed E-state index contributed by atoms with van der Waals surface area (Å²) in [4.78, 5) is 0. The Labute approximate surface area is 298 Å². The number of nitrogens with one attached hydrogen (secondary N) is 1. The average molecular weight is 654 g/mol. The zero-order valence-corrected chi connectivity index (χ0v) is 28.0. The van der Waals surface area contributed by atoms with Gasteiger partial charge in [0.05, 0.1) is 5.41 Å². The van der Waals surface area contributed by atoms with Crippen LogP contribution in [0.4, 0.5) is 11.4 Å². The van der Waals surface area contributed by atoms with E-state index in [1.165, 1.54) is 22.3 Å². The first-order valence-electron chi connectivity index (χ1n) is 17.8. The predicted molar refractivity (Wildman–Crippen MR) is 212 cm³/mol. The first-order chi connectivity index (χ1) is 25.3. The predicted octanol–water partition coefficient (Wildman–Crippen LogP) is 12.8. The molecule has 242 valence electrons. The second kappa shape index (κ2) is 11.9. The highest BCUT2D eigenvalue weighted by atomic mass is 16.3. The van der Waals surface area contributed by atoms with Crippen molar-refractivity contribution in [1.29, 1.82) is 0 Å². The molecule has 2 heteroatoms. The first-order valence-corrected chi connectivity index (χ1v) is 17.8. The van der Waals surface area contributed by atoms with Crippen LogP contribution in [0.3, 0.4) is 0 Å². The second-order valence-corrected chi connectivity index (χ2v) is 13.7. The summed E-state index contributed by atoms with van der Waals surface area (Å²) in [7, 11) is 0. The highest BCUT2D eigenvalue weighted by molar-refractivity contribution is 6.16. The maximum atomic E-state index is 6.62. The van der Waals surface area contributed by atoms with Crippen LogP contribution in [0.25, 0.3) is 44.2 Å². The molecule has 7 aromatic carbocycles. The van der Waals surface area contributed by atoms with E-state index >= 15 is 0 Å². The third kappa shape index (κ3) is 4.57. The van der Waals surface area contributed by atoms with E-state index in [-0.39, 0.29) is 17.3 Å². The molecule has 2 aliphatic carbocycles. The van der Waals surface area contributed by atoms with Gasteiger partial charge >= 0.3 is 0 Å². The van der Waals surface area contributed by atoms with Crippen molar-refractivity contribution in [1.82, 2.24) is 0 Å². The van der Waals surface area contributed by atoms with E-state index in [9.17, 15) is 0 Å². The minimum Gasteiger partial charge on any atom is -0.455 e. The summed E-state index contributed by atoms with van der Waals surface area (Å²) in [6.45, 7) is 0. The minimum atomic E-state index is -0.295. The van der Waals surface area contributed by atoms with Crippen LogP contribution in [-0.4, -0.2) is 0 Å². The maximum absolute atomic E-state index is 6.62.